The average Bonchev–Trinajstić information content (AvgIpc) is 2.92. The molecule has 1 aliphatic heterocycles. The van der Waals surface area contributed by atoms with Crippen molar-refractivity contribution in [2.24, 2.45) is 11.8 Å². The lowest BCUT2D eigenvalue weighted by Crippen LogP contribution is -2.38. The van der Waals surface area contributed by atoms with Crippen molar-refractivity contribution in [1.29, 1.82) is 0 Å². The first-order valence-corrected chi connectivity index (χ1v) is 8.64. The minimum Gasteiger partial charge on any atom is -0.378 e. The van der Waals surface area contributed by atoms with Crippen LogP contribution in [0.15, 0.2) is 0 Å². The highest BCUT2D eigenvalue weighted by Crippen LogP contribution is 2.32. The molecule has 1 N–H and O–H groups in total. The van der Waals surface area contributed by atoms with E-state index >= 15 is 0 Å². The van der Waals surface area contributed by atoms with Gasteiger partial charge in [0.2, 0.25) is 0 Å². The van der Waals surface area contributed by atoms with Crippen molar-refractivity contribution in [2.45, 2.75) is 83.8 Å². The lowest BCUT2D eigenvalue weighted by atomic mass is 9.78. The summed E-state index contributed by atoms with van der Waals surface area (Å²) < 4.78 is 5.73. The lowest BCUT2D eigenvalue weighted by molar-refractivity contribution is 0.0996. The normalized spacial score (nSPS) is 33.5. The summed E-state index contributed by atoms with van der Waals surface area (Å²) in [7, 11) is 0. The van der Waals surface area contributed by atoms with Crippen LogP contribution in [0, 0.1) is 11.8 Å². The minimum absolute atomic E-state index is 0.577. The van der Waals surface area contributed by atoms with E-state index in [1.807, 2.05) is 0 Å². The largest absolute Gasteiger partial charge is 0.378 e. The zero-order chi connectivity index (χ0) is 13.5. The molecule has 2 aliphatic rings. The van der Waals surface area contributed by atoms with E-state index in [1.165, 1.54) is 57.8 Å². The van der Waals surface area contributed by atoms with Crippen LogP contribution in [-0.2, 0) is 4.74 Å². The molecule has 0 aromatic rings. The molecular weight excluding hydrogens is 234 g/mol. The van der Waals surface area contributed by atoms with Crippen molar-refractivity contribution >= 4 is 0 Å². The smallest absolute Gasteiger partial charge is 0.0576 e. The second kappa shape index (κ2) is 8.26. The molecule has 112 valence electrons. The molecule has 2 atom stereocenters. The molecule has 1 saturated heterocycles. The Kier molecular flexibility index (Phi) is 6.66. The molecular formula is C17H33NO. The van der Waals surface area contributed by atoms with Crippen molar-refractivity contribution in [1.82, 2.24) is 5.32 Å². The van der Waals surface area contributed by atoms with Crippen LogP contribution >= 0.6 is 0 Å². The summed E-state index contributed by atoms with van der Waals surface area (Å²) in [4.78, 5) is 0. The Labute approximate surface area is 119 Å². The summed E-state index contributed by atoms with van der Waals surface area (Å²) in [5.41, 5.74) is 0. The van der Waals surface area contributed by atoms with Crippen molar-refractivity contribution < 1.29 is 4.74 Å². The van der Waals surface area contributed by atoms with Gasteiger partial charge < -0.3 is 10.1 Å². The van der Waals surface area contributed by atoms with Gasteiger partial charge in [-0.05, 0) is 63.3 Å². The Balaban J connectivity index is 1.69. The van der Waals surface area contributed by atoms with E-state index in [4.69, 9.17) is 4.74 Å². The molecule has 2 rings (SSSR count). The average molecular weight is 267 g/mol. The van der Waals surface area contributed by atoms with Crippen LogP contribution in [-0.4, -0.2) is 25.3 Å². The number of hydrogen-bond donors (Lipinski definition) is 1. The number of nitrogens with one attached hydrogen (secondary N) is 1. The van der Waals surface area contributed by atoms with Gasteiger partial charge in [0.15, 0.2) is 0 Å². The second-order valence-corrected chi connectivity index (χ2v) is 6.75. The molecule has 1 heterocycles. The Morgan fingerprint density at radius 3 is 2.58 bits per heavy atom. The van der Waals surface area contributed by atoms with Crippen LogP contribution in [0.5, 0.6) is 0 Å². The van der Waals surface area contributed by atoms with Gasteiger partial charge in [-0.1, -0.05) is 26.7 Å². The number of hydrogen-bond acceptors (Lipinski definition) is 2. The topological polar surface area (TPSA) is 21.3 Å². The van der Waals surface area contributed by atoms with Gasteiger partial charge in [0.25, 0.3) is 0 Å². The van der Waals surface area contributed by atoms with Crippen LogP contribution in [0.4, 0.5) is 0 Å². The van der Waals surface area contributed by atoms with Gasteiger partial charge in [0.05, 0.1) is 6.10 Å². The molecule has 0 amide bonds. The van der Waals surface area contributed by atoms with Gasteiger partial charge >= 0.3 is 0 Å². The third-order valence-electron chi connectivity index (χ3n) is 5.16. The van der Waals surface area contributed by atoms with E-state index in [0.717, 1.165) is 31.0 Å². The van der Waals surface area contributed by atoms with Crippen LogP contribution in [0.2, 0.25) is 0 Å². The van der Waals surface area contributed by atoms with E-state index in [2.05, 4.69) is 19.2 Å². The van der Waals surface area contributed by atoms with E-state index in [9.17, 15) is 0 Å². The van der Waals surface area contributed by atoms with Crippen molar-refractivity contribution in [3.63, 3.8) is 0 Å². The monoisotopic (exact) mass is 267 g/mol. The first kappa shape index (κ1) is 15.3. The summed E-state index contributed by atoms with van der Waals surface area (Å²) in [6.07, 6.45) is 12.9. The Morgan fingerprint density at radius 2 is 1.95 bits per heavy atom. The molecule has 2 fully saturated rings. The number of ether oxygens (including phenoxy) is 1. The standard InChI is InChI=1S/C17H33NO/c1-3-18-17(15-11-9-14(2)10-12-15)8-4-6-16-7-5-13-19-16/h14-18H,3-13H2,1-2H3. The third-order valence-corrected chi connectivity index (χ3v) is 5.16. The minimum atomic E-state index is 0.577. The van der Waals surface area contributed by atoms with Crippen LogP contribution in [0.1, 0.15) is 71.6 Å². The van der Waals surface area contributed by atoms with E-state index in [0.29, 0.717) is 6.10 Å². The van der Waals surface area contributed by atoms with Gasteiger partial charge in [-0.25, -0.2) is 0 Å². The molecule has 1 saturated carbocycles. The number of rotatable bonds is 7. The predicted octanol–water partition coefficient (Wildman–Crippen LogP) is 4.14. The van der Waals surface area contributed by atoms with E-state index in [1.54, 1.807) is 0 Å². The zero-order valence-corrected chi connectivity index (χ0v) is 13.0. The zero-order valence-electron chi connectivity index (χ0n) is 13.0. The van der Waals surface area contributed by atoms with Crippen LogP contribution in [0.3, 0.4) is 0 Å². The fourth-order valence-corrected chi connectivity index (χ4v) is 3.89. The van der Waals surface area contributed by atoms with Crippen molar-refractivity contribution in [2.75, 3.05) is 13.2 Å². The maximum Gasteiger partial charge on any atom is 0.0576 e. The van der Waals surface area contributed by atoms with Crippen LogP contribution < -0.4 is 5.32 Å². The van der Waals surface area contributed by atoms with Crippen molar-refractivity contribution in [3.8, 4) is 0 Å². The molecule has 0 bridgehead atoms. The SMILES string of the molecule is CCNC(CCCC1CCCO1)C1CCC(C)CC1. The highest BCUT2D eigenvalue weighted by molar-refractivity contribution is 4.81. The summed E-state index contributed by atoms with van der Waals surface area (Å²) in [5, 5.41) is 3.75. The Bertz CT molecular complexity index is 229. The fourth-order valence-electron chi connectivity index (χ4n) is 3.89. The molecule has 19 heavy (non-hydrogen) atoms. The van der Waals surface area contributed by atoms with E-state index < -0.39 is 0 Å². The molecule has 2 nitrogen and oxygen atoms in total. The van der Waals surface area contributed by atoms with Gasteiger partial charge in [-0.3, -0.25) is 0 Å². The highest BCUT2D eigenvalue weighted by Gasteiger charge is 2.25. The van der Waals surface area contributed by atoms with Gasteiger partial charge in [0, 0.05) is 12.6 Å². The van der Waals surface area contributed by atoms with Crippen LogP contribution in [0.25, 0.3) is 0 Å². The molecule has 2 heteroatoms. The Morgan fingerprint density at radius 1 is 1.16 bits per heavy atom. The Hall–Kier alpha value is -0.0800. The first-order chi connectivity index (χ1) is 9.29. The fraction of sp³-hybridized carbons (Fsp3) is 1.00. The van der Waals surface area contributed by atoms with Gasteiger partial charge in [-0.15, -0.1) is 0 Å². The van der Waals surface area contributed by atoms with Gasteiger partial charge in [-0.2, -0.15) is 0 Å². The molecule has 0 aromatic heterocycles. The first-order valence-electron chi connectivity index (χ1n) is 8.64. The molecule has 0 spiro atoms. The predicted molar refractivity (Wildman–Crippen MR) is 81.4 cm³/mol. The van der Waals surface area contributed by atoms with Gasteiger partial charge in [0.1, 0.15) is 0 Å². The molecule has 0 aromatic carbocycles. The maximum absolute atomic E-state index is 5.73. The lowest BCUT2D eigenvalue weighted by Gasteiger charge is -2.33. The third kappa shape index (κ3) is 5.07. The second-order valence-electron chi connectivity index (χ2n) is 6.75. The summed E-state index contributed by atoms with van der Waals surface area (Å²) in [5.74, 6) is 1.89. The molecule has 2 unspecified atom stereocenters. The quantitative estimate of drug-likeness (QED) is 0.748. The highest BCUT2D eigenvalue weighted by atomic mass is 16.5. The summed E-state index contributed by atoms with van der Waals surface area (Å²) in [6, 6.07) is 0.763. The summed E-state index contributed by atoms with van der Waals surface area (Å²) >= 11 is 0. The molecule has 1 aliphatic carbocycles. The van der Waals surface area contributed by atoms with Crippen molar-refractivity contribution in [3.05, 3.63) is 0 Å². The maximum atomic E-state index is 5.73. The summed E-state index contributed by atoms with van der Waals surface area (Å²) in [6.45, 7) is 6.78. The molecule has 0 radical (unpaired) electrons. The van der Waals surface area contributed by atoms with E-state index in [-0.39, 0.29) is 0 Å².